The van der Waals surface area contributed by atoms with E-state index < -0.39 is 0 Å². The second-order valence-corrected chi connectivity index (χ2v) is 4.55. The van der Waals surface area contributed by atoms with Crippen LogP contribution in [0.4, 0.5) is 0 Å². The Morgan fingerprint density at radius 2 is 2.00 bits per heavy atom. The second kappa shape index (κ2) is 8.97. The zero-order valence-corrected chi connectivity index (χ0v) is 13.3. The van der Waals surface area contributed by atoms with Crippen LogP contribution in [0.1, 0.15) is 39.5 Å². The molecular weight excluding hydrogens is 329 g/mol. The highest BCUT2D eigenvalue weighted by atomic mass is 127. The third kappa shape index (κ3) is 5.42. The van der Waals surface area contributed by atoms with Gasteiger partial charge in [-0.2, -0.15) is 0 Å². The average molecular weight is 355 g/mol. The summed E-state index contributed by atoms with van der Waals surface area (Å²) in [6.07, 6.45) is 5.19. The molecule has 0 spiro atoms. The van der Waals surface area contributed by atoms with Crippen LogP contribution in [-0.4, -0.2) is 37.3 Å². The SMILES string of the molecule is CCNC(=NCC1(CC)CCC1)NCCO.I. The molecule has 0 saturated heterocycles. The minimum absolute atomic E-state index is 0. The summed E-state index contributed by atoms with van der Waals surface area (Å²) in [7, 11) is 0. The first kappa shape index (κ1) is 17.0. The highest BCUT2D eigenvalue weighted by molar-refractivity contribution is 14.0. The summed E-state index contributed by atoms with van der Waals surface area (Å²) in [6.45, 7) is 6.77. The molecule has 0 aromatic heterocycles. The van der Waals surface area contributed by atoms with Crippen LogP contribution in [0.3, 0.4) is 0 Å². The van der Waals surface area contributed by atoms with Crippen LogP contribution in [-0.2, 0) is 0 Å². The predicted octanol–water partition coefficient (Wildman–Crippen LogP) is 1.73. The lowest BCUT2D eigenvalue weighted by atomic mass is 9.67. The van der Waals surface area contributed by atoms with Crippen LogP contribution in [0.2, 0.25) is 0 Å². The first-order valence-corrected chi connectivity index (χ1v) is 6.39. The smallest absolute Gasteiger partial charge is 0.191 e. The number of nitrogens with one attached hydrogen (secondary N) is 2. The van der Waals surface area contributed by atoms with Crippen LogP contribution in [0.15, 0.2) is 4.99 Å². The minimum Gasteiger partial charge on any atom is -0.395 e. The van der Waals surface area contributed by atoms with E-state index in [2.05, 4.69) is 29.5 Å². The highest BCUT2D eigenvalue weighted by Gasteiger charge is 2.34. The fraction of sp³-hybridized carbons (Fsp3) is 0.917. The van der Waals surface area contributed by atoms with Crippen molar-refractivity contribution in [3.8, 4) is 0 Å². The fourth-order valence-electron chi connectivity index (χ4n) is 2.06. The van der Waals surface area contributed by atoms with Crippen molar-refractivity contribution in [1.29, 1.82) is 0 Å². The van der Waals surface area contributed by atoms with Crippen molar-refractivity contribution in [3.63, 3.8) is 0 Å². The van der Waals surface area contributed by atoms with Crippen molar-refractivity contribution < 1.29 is 5.11 Å². The number of aliphatic imine (C=N–C) groups is 1. The number of halogens is 1. The van der Waals surface area contributed by atoms with Gasteiger partial charge in [-0.05, 0) is 31.6 Å². The van der Waals surface area contributed by atoms with Crippen molar-refractivity contribution in [3.05, 3.63) is 0 Å². The molecule has 5 heteroatoms. The summed E-state index contributed by atoms with van der Waals surface area (Å²) in [5.41, 5.74) is 0.460. The maximum atomic E-state index is 8.77. The van der Waals surface area contributed by atoms with Crippen molar-refractivity contribution in [2.75, 3.05) is 26.2 Å². The van der Waals surface area contributed by atoms with E-state index in [1.54, 1.807) is 0 Å². The second-order valence-electron chi connectivity index (χ2n) is 4.55. The van der Waals surface area contributed by atoms with Crippen molar-refractivity contribution in [1.82, 2.24) is 10.6 Å². The Bertz CT molecular complexity index is 224. The quantitative estimate of drug-likeness (QED) is 0.386. The lowest BCUT2D eigenvalue weighted by molar-refractivity contribution is 0.139. The van der Waals surface area contributed by atoms with Crippen LogP contribution in [0, 0.1) is 5.41 Å². The van der Waals surface area contributed by atoms with E-state index >= 15 is 0 Å². The molecule has 1 aliphatic rings. The summed E-state index contributed by atoms with van der Waals surface area (Å²) in [5, 5.41) is 15.1. The summed E-state index contributed by atoms with van der Waals surface area (Å²) in [4.78, 5) is 4.60. The molecule has 1 rings (SSSR count). The Balaban J connectivity index is 0.00000256. The number of guanidine groups is 1. The van der Waals surface area contributed by atoms with Crippen molar-refractivity contribution >= 4 is 29.9 Å². The monoisotopic (exact) mass is 355 g/mol. The van der Waals surface area contributed by atoms with E-state index in [1.165, 1.54) is 25.7 Å². The maximum Gasteiger partial charge on any atom is 0.191 e. The molecule has 0 aromatic carbocycles. The largest absolute Gasteiger partial charge is 0.395 e. The van der Waals surface area contributed by atoms with Crippen LogP contribution in [0.25, 0.3) is 0 Å². The van der Waals surface area contributed by atoms with E-state index in [9.17, 15) is 0 Å². The first-order valence-electron chi connectivity index (χ1n) is 6.39. The molecule has 1 aliphatic carbocycles. The molecule has 0 aromatic rings. The molecule has 0 radical (unpaired) electrons. The molecular formula is C12H26IN3O. The van der Waals surface area contributed by atoms with Gasteiger partial charge in [0.2, 0.25) is 0 Å². The third-order valence-electron chi connectivity index (χ3n) is 3.49. The number of aliphatic hydroxyl groups excluding tert-OH is 1. The average Bonchev–Trinajstić information content (AvgIpc) is 2.24. The Hall–Kier alpha value is -0.0400. The van der Waals surface area contributed by atoms with Gasteiger partial charge in [0.15, 0.2) is 5.96 Å². The van der Waals surface area contributed by atoms with Crippen molar-refractivity contribution in [2.24, 2.45) is 10.4 Å². The van der Waals surface area contributed by atoms with Gasteiger partial charge < -0.3 is 15.7 Å². The maximum absolute atomic E-state index is 8.77. The molecule has 17 heavy (non-hydrogen) atoms. The van der Waals surface area contributed by atoms with Gasteiger partial charge in [0.25, 0.3) is 0 Å². The molecule has 0 aliphatic heterocycles. The number of aliphatic hydroxyl groups is 1. The van der Waals surface area contributed by atoms with Gasteiger partial charge in [0, 0.05) is 19.6 Å². The van der Waals surface area contributed by atoms with E-state index in [0.717, 1.165) is 19.0 Å². The predicted molar refractivity (Wildman–Crippen MR) is 83.1 cm³/mol. The fourth-order valence-corrected chi connectivity index (χ4v) is 2.06. The van der Waals surface area contributed by atoms with E-state index in [-0.39, 0.29) is 30.6 Å². The minimum atomic E-state index is 0. The topological polar surface area (TPSA) is 56.7 Å². The molecule has 0 bridgehead atoms. The van der Waals surface area contributed by atoms with E-state index in [1.807, 2.05) is 0 Å². The van der Waals surface area contributed by atoms with Gasteiger partial charge in [-0.3, -0.25) is 4.99 Å². The number of hydrogen-bond donors (Lipinski definition) is 3. The third-order valence-corrected chi connectivity index (χ3v) is 3.49. The van der Waals surface area contributed by atoms with Gasteiger partial charge in [-0.25, -0.2) is 0 Å². The Labute approximate surface area is 122 Å². The Morgan fingerprint density at radius 1 is 1.29 bits per heavy atom. The molecule has 3 N–H and O–H groups in total. The van der Waals surface area contributed by atoms with Crippen LogP contribution in [0.5, 0.6) is 0 Å². The van der Waals surface area contributed by atoms with Gasteiger partial charge in [-0.1, -0.05) is 13.3 Å². The summed E-state index contributed by atoms with van der Waals surface area (Å²) in [6, 6.07) is 0. The summed E-state index contributed by atoms with van der Waals surface area (Å²) >= 11 is 0. The normalized spacial score (nSPS) is 17.9. The molecule has 102 valence electrons. The van der Waals surface area contributed by atoms with Gasteiger partial charge in [-0.15, -0.1) is 24.0 Å². The zero-order chi connectivity index (χ0) is 11.9. The Kier molecular flexibility index (Phi) is 8.94. The van der Waals surface area contributed by atoms with Crippen molar-refractivity contribution in [2.45, 2.75) is 39.5 Å². The lowest BCUT2D eigenvalue weighted by Gasteiger charge is -2.40. The summed E-state index contributed by atoms with van der Waals surface area (Å²) in [5.74, 6) is 0.830. The molecule has 0 heterocycles. The van der Waals surface area contributed by atoms with Crippen LogP contribution < -0.4 is 10.6 Å². The van der Waals surface area contributed by atoms with E-state index in [0.29, 0.717) is 12.0 Å². The van der Waals surface area contributed by atoms with Gasteiger partial charge in [0.1, 0.15) is 0 Å². The number of hydrogen-bond acceptors (Lipinski definition) is 2. The standard InChI is InChI=1S/C12H25N3O.HI/c1-3-12(6-5-7-12)10-15-11(13-4-2)14-8-9-16;/h16H,3-10H2,1-2H3,(H2,13,14,15);1H. The summed E-state index contributed by atoms with van der Waals surface area (Å²) < 4.78 is 0. The zero-order valence-electron chi connectivity index (χ0n) is 11.0. The first-order chi connectivity index (χ1) is 7.76. The highest BCUT2D eigenvalue weighted by Crippen LogP contribution is 2.43. The molecule has 1 fully saturated rings. The Morgan fingerprint density at radius 3 is 2.41 bits per heavy atom. The van der Waals surface area contributed by atoms with E-state index in [4.69, 9.17) is 5.11 Å². The van der Waals surface area contributed by atoms with Crippen LogP contribution >= 0.6 is 24.0 Å². The molecule has 1 saturated carbocycles. The molecule has 0 amide bonds. The molecule has 0 unspecified atom stereocenters. The van der Waals surface area contributed by atoms with Gasteiger partial charge in [0.05, 0.1) is 6.61 Å². The number of rotatable bonds is 6. The van der Waals surface area contributed by atoms with Gasteiger partial charge >= 0.3 is 0 Å². The molecule has 0 atom stereocenters. The lowest BCUT2D eigenvalue weighted by Crippen LogP contribution is -2.40. The molecule has 4 nitrogen and oxygen atoms in total. The number of nitrogens with zero attached hydrogens (tertiary/aromatic N) is 1.